The third kappa shape index (κ3) is 3.50. The van der Waals surface area contributed by atoms with Crippen molar-refractivity contribution in [2.24, 2.45) is 5.92 Å². The number of nitrogens with zero attached hydrogens (tertiary/aromatic N) is 3. The second-order valence-corrected chi connectivity index (χ2v) is 6.35. The zero-order valence-corrected chi connectivity index (χ0v) is 13.5. The highest BCUT2D eigenvalue weighted by atomic mass is 16.5. The molecule has 0 aromatic carbocycles. The van der Waals surface area contributed by atoms with Gasteiger partial charge in [-0.3, -0.25) is 9.69 Å². The number of piperazine rings is 1. The Morgan fingerprint density at radius 1 is 1.36 bits per heavy atom. The predicted molar refractivity (Wildman–Crippen MR) is 81.2 cm³/mol. The lowest BCUT2D eigenvalue weighted by Gasteiger charge is -2.38. The van der Waals surface area contributed by atoms with Gasteiger partial charge in [0, 0.05) is 45.4 Å². The molecule has 0 aliphatic carbocycles. The standard InChI is InChI=1S/C16H25N3O3/c1-12-10-14(17-22-12)11-18-5-7-19(8-6-18)16(20)15-4-3-9-21-13(15)2/h10,13,15H,3-9,11H2,1-2H3/t13-,15+/m1/s1. The Balaban J connectivity index is 1.49. The summed E-state index contributed by atoms with van der Waals surface area (Å²) in [5, 5.41) is 4.03. The molecule has 1 aromatic rings. The Hall–Kier alpha value is -1.40. The fraction of sp³-hybridized carbons (Fsp3) is 0.750. The van der Waals surface area contributed by atoms with E-state index in [1.165, 1.54) is 0 Å². The van der Waals surface area contributed by atoms with Gasteiger partial charge < -0.3 is 14.2 Å². The largest absolute Gasteiger partial charge is 0.378 e. The maximum Gasteiger partial charge on any atom is 0.228 e. The van der Waals surface area contributed by atoms with Gasteiger partial charge in [0.25, 0.3) is 0 Å². The van der Waals surface area contributed by atoms with Gasteiger partial charge in [-0.1, -0.05) is 5.16 Å². The number of aromatic nitrogens is 1. The van der Waals surface area contributed by atoms with Gasteiger partial charge in [0.1, 0.15) is 5.76 Å². The van der Waals surface area contributed by atoms with Crippen LogP contribution in [0.2, 0.25) is 0 Å². The Kier molecular flexibility index (Phi) is 4.78. The number of ether oxygens (including phenoxy) is 1. The lowest BCUT2D eigenvalue weighted by atomic mass is 9.93. The molecule has 3 heterocycles. The number of amides is 1. The molecular weight excluding hydrogens is 282 g/mol. The van der Waals surface area contributed by atoms with Crippen molar-refractivity contribution in [1.82, 2.24) is 15.0 Å². The summed E-state index contributed by atoms with van der Waals surface area (Å²) in [5.74, 6) is 1.15. The number of carbonyl (C=O) groups is 1. The molecule has 0 spiro atoms. The zero-order valence-electron chi connectivity index (χ0n) is 13.5. The Labute approximate surface area is 131 Å². The number of aryl methyl sites for hydroxylation is 1. The van der Waals surface area contributed by atoms with Crippen LogP contribution in [0.3, 0.4) is 0 Å². The van der Waals surface area contributed by atoms with Crippen LogP contribution < -0.4 is 0 Å². The summed E-state index contributed by atoms with van der Waals surface area (Å²) in [4.78, 5) is 17.0. The minimum atomic E-state index is 0.0403. The van der Waals surface area contributed by atoms with Crippen LogP contribution in [-0.4, -0.2) is 59.8 Å². The van der Waals surface area contributed by atoms with E-state index in [1.54, 1.807) is 0 Å². The highest BCUT2D eigenvalue weighted by molar-refractivity contribution is 5.79. The van der Waals surface area contributed by atoms with Gasteiger partial charge in [-0.2, -0.15) is 0 Å². The monoisotopic (exact) mass is 307 g/mol. The molecule has 0 bridgehead atoms. The smallest absolute Gasteiger partial charge is 0.228 e. The normalized spacial score (nSPS) is 27.1. The number of hydrogen-bond acceptors (Lipinski definition) is 5. The first-order valence-corrected chi connectivity index (χ1v) is 8.18. The third-order valence-electron chi connectivity index (χ3n) is 4.67. The molecule has 2 aliphatic rings. The number of hydrogen-bond donors (Lipinski definition) is 0. The summed E-state index contributed by atoms with van der Waals surface area (Å²) >= 11 is 0. The first-order chi connectivity index (χ1) is 10.6. The molecule has 1 aromatic heterocycles. The Morgan fingerprint density at radius 3 is 2.77 bits per heavy atom. The molecule has 0 unspecified atom stereocenters. The molecule has 0 saturated carbocycles. The molecule has 122 valence electrons. The molecule has 2 aliphatic heterocycles. The lowest BCUT2D eigenvalue weighted by molar-refractivity contribution is -0.145. The minimum Gasteiger partial charge on any atom is -0.378 e. The summed E-state index contributed by atoms with van der Waals surface area (Å²) in [6, 6.07) is 1.97. The van der Waals surface area contributed by atoms with E-state index in [4.69, 9.17) is 9.26 Å². The topological polar surface area (TPSA) is 58.8 Å². The van der Waals surface area contributed by atoms with Crippen LogP contribution in [0.5, 0.6) is 0 Å². The molecule has 0 radical (unpaired) electrons. The summed E-state index contributed by atoms with van der Waals surface area (Å²) < 4.78 is 10.7. The molecule has 6 nitrogen and oxygen atoms in total. The highest BCUT2D eigenvalue weighted by Crippen LogP contribution is 2.23. The van der Waals surface area contributed by atoms with Gasteiger partial charge in [-0.15, -0.1) is 0 Å². The first kappa shape index (κ1) is 15.5. The molecule has 3 rings (SSSR count). The quantitative estimate of drug-likeness (QED) is 0.846. The van der Waals surface area contributed by atoms with Crippen molar-refractivity contribution >= 4 is 5.91 Å². The van der Waals surface area contributed by atoms with Crippen LogP contribution in [0.25, 0.3) is 0 Å². The second-order valence-electron chi connectivity index (χ2n) is 6.35. The van der Waals surface area contributed by atoms with Gasteiger partial charge >= 0.3 is 0 Å². The average Bonchev–Trinajstić information content (AvgIpc) is 2.93. The van der Waals surface area contributed by atoms with Gasteiger partial charge in [-0.25, -0.2) is 0 Å². The van der Waals surface area contributed by atoms with Gasteiger partial charge in [-0.05, 0) is 26.7 Å². The molecule has 2 fully saturated rings. The molecule has 6 heteroatoms. The first-order valence-electron chi connectivity index (χ1n) is 8.18. The second kappa shape index (κ2) is 6.79. The van der Waals surface area contributed by atoms with E-state index in [0.29, 0.717) is 0 Å². The Bertz CT molecular complexity index is 508. The van der Waals surface area contributed by atoms with Crippen LogP contribution in [0.1, 0.15) is 31.2 Å². The molecular formula is C16H25N3O3. The SMILES string of the molecule is Cc1cc(CN2CCN(C(=O)[C@H]3CCCO[C@@H]3C)CC2)no1. The molecule has 2 atom stereocenters. The highest BCUT2D eigenvalue weighted by Gasteiger charge is 2.33. The fourth-order valence-corrected chi connectivity index (χ4v) is 3.33. The van der Waals surface area contributed by atoms with Gasteiger partial charge in [0.05, 0.1) is 17.7 Å². The van der Waals surface area contributed by atoms with Gasteiger partial charge in [0.15, 0.2) is 0 Å². The average molecular weight is 307 g/mol. The van der Waals surface area contributed by atoms with Crippen LogP contribution >= 0.6 is 0 Å². The van der Waals surface area contributed by atoms with Crippen molar-refractivity contribution in [2.45, 2.75) is 39.3 Å². The van der Waals surface area contributed by atoms with E-state index >= 15 is 0 Å². The van der Waals surface area contributed by atoms with Crippen molar-refractivity contribution in [1.29, 1.82) is 0 Å². The maximum absolute atomic E-state index is 12.6. The summed E-state index contributed by atoms with van der Waals surface area (Å²) in [5.41, 5.74) is 0.964. The minimum absolute atomic E-state index is 0.0403. The lowest BCUT2D eigenvalue weighted by Crippen LogP contribution is -2.52. The van der Waals surface area contributed by atoms with Crippen LogP contribution in [0, 0.1) is 12.8 Å². The van der Waals surface area contributed by atoms with Crippen molar-refractivity contribution in [3.63, 3.8) is 0 Å². The van der Waals surface area contributed by atoms with Crippen LogP contribution in [-0.2, 0) is 16.1 Å². The van der Waals surface area contributed by atoms with E-state index < -0.39 is 0 Å². The zero-order chi connectivity index (χ0) is 15.5. The van der Waals surface area contributed by atoms with E-state index in [-0.39, 0.29) is 17.9 Å². The summed E-state index contributed by atoms with van der Waals surface area (Å²) in [6.45, 7) is 8.86. The van der Waals surface area contributed by atoms with Gasteiger partial charge in [0.2, 0.25) is 5.91 Å². The van der Waals surface area contributed by atoms with Crippen LogP contribution in [0.15, 0.2) is 10.6 Å². The maximum atomic E-state index is 12.6. The Morgan fingerprint density at radius 2 is 2.14 bits per heavy atom. The fourth-order valence-electron chi connectivity index (χ4n) is 3.33. The van der Waals surface area contributed by atoms with E-state index in [0.717, 1.165) is 63.6 Å². The van der Waals surface area contributed by atoms with E-state index in [1.807, 2.05) is 24.8 Å². The number of carbonyl (C=O) groups excluding carboxylic acids is 1. The molecule has 1 amide bonds. The van der Waals surface area contributed by atoms with Crippen molar-refractivity contribution in [3.05, 3.63) is 17.5 Å². The predicted octanol–water partition coefficient (Wildman–Crippen LogP) is 1.44. The summed E-state index contributed by atoms with van der Waals surface area (Å²) in [6.07, 6.45) is 2.00. The van der Waals surface area contributed by atoms with Crippen molar-refractivity contribution < 1.29 is 14.1 Å². The number of rotatable bonds is 3. The molecule has 2 saturated heterocycles. The van der Waals surface area contributed by atoms with Crippen molar-refractivity contribution in [2.75, 3.05) is 32.8 Å². The molecule has 0 N–H and O–H groups in total. The van der Waals surface area contributed by atoms with Crippen molar-refractivity contribution in [3.8, 4) is 0 Å². The van der Waals surface area contributed by atoms with E-state index in [2.05, 4.69) is 10.1 Å². The van der Waals surface area contributed by atoms with Crippen LogP contribution in [0.4, 0.5) is 0 Å². The molecule has 22 heavy (non-hydrogen) atoms. The third-order valence-corrected chi connectivity index (χ3v) is 4.67. The van der Waals surface area contributed by atoms with E-state index in [9.17, 15) is 4.79 Å². The summed E-state index contributed by atoms with van der Waals surface area (Å²) in [7, 11) is 0.